The molecule has 0 atom stereocenters. The molecule has 0 unspecified atom stereocenters. The number of hydrogen-bond acceptors (Lipinski definition) is 8. The molecule has 2 heterocycles. The predicted molar refractivity (Wildman–Crippen MR) is 146 cm³/mol. The van der Waals surface area contributed by atoms with E-state index in [4.69, 9.17) is 4.74 Å². The number of sulfone groups is 1. The highest BCUT2D eigenvalue weighted by Crippen LogP contribution is 2.33. The Bertz CT molecular complexity index is 1220. The van der Waals surface area contributed by atoms with Crippen LogP contribution in [0.1, 0.15) is 12.8 Å². The molecule has 0 spiro atoms. The van der Waals surface area contributed by atoms with Crippen LogP contribution in [0.25, 0.3) is 10.2 Å². The van der Waals surface area contributed by atoms with Gasteiger partial charge in [-0.1, -0.05) is 35.6 Å². The molecule has 7 nitrogen and oxygen atoms in total. The van der Waals surface area contributed by atoms with E-state index in [-0.39, 0.29) is 23.2 Å². The minimum absolute atomic E-state index is 0. The van der Waals surface area contributed by atoms with Gasteiger partial charge >= 0.3 is 0 Å². The van der Waals surface area contributed by atoms with E-state index < -0.39 is 9.84 Å². The van der Waals surface area contributed by atoms with Crippen LogP contribution in [-0.2, 0) is 19.4 Å². The number of ether oxygens (including phenoxy) is 1. The van der Waals surface area contributed by atoms with Gasteiger partial charge in [0.25, 0.3) is 0 Å². The third-order valence-electron chi connectivity index (χ3n) is 5.59. The fraction of sp³-hybridized carbons (Fsp3) is 0.417. The first-order valence-electron chi connectivity index (χ1n) is 11.3. The van der Waals surface area contributed by atoms with E-state index in [9.17, 15) is 13.2 Å². The zero-order valence-electron chi connectivity index (χ0n) is 19.6. The first-order chi connectivity index (χ1) is 16.4. The number of anilines is 1. The second-order valence-electron chi connectivity index (χ2n) is 8.14. The number of thiazole rings is 1. The lowest BCUT2D eigenvalue weighted by atomic mass is 10.3. The molecular weight excluding hydrogens is 526 g/mol. The van der Waals surface area contributed by atoms with Crippen LogP contribution in [0, 0.1) is 0 Å². The number of carbonyl (C=O) groups excluding carboxylic acids is 1. The molecule has 1 aliphatic heterocycles. The topological polar surface area (TPSA) is 79.8 Å². The lowest BCUT2D eigenvalue weighted by Crippen LogP contribution is -2.43. The van der Waals surface area contributed by atoms with Crippen molar-refractivity contribution in [2.24, 2.45) is 0 Å². The van der Waals surface area contributed by atoms with E-state index >= 15 is 0 Å². The lowest BCUT2D eigenvalue weighted by molar-refractivity contribution is -0.118. The summed E-state index contributed by atoms with van der Waals surface area (Å²) >= 11 is 3.11. The maximum atomic E-state index is 13.3. The summed E-state index contributed by atoms with van der Waals surface area (Å²) in [6, 6.07) is 15.3. The Kier molecular flexibility index (Phi) is 10.4. The molecule has 1 saturated heterocycles. The van der Waals surface area contributed by atoms with Gasteiger partial charge < -0.3 is 4.74 Å². The van der Waals surface area contributed by atoms with E-state index in [1.807, 2.05) is 24.3 Å². The quantitative estimate of drug-likeness (QED) is 0.271. The average Bonchev–Trinajstić information content (AvgIpc) is 3.26. The second kappa shape index (κ2) is 13.0. The minimum Gasteiger partial charge on any atom is -0.379 e. The molecule has 4 rings (SSSR count). The van der Waals surface area contributed by atoms with Crippen LogP contribution < -0.4 is 4.90 Å². The smallest absolute Gasteiger partial charge is 0.228 e. The Hall–Kier alpha value is -1.69. The van der Waals surface area contributed by atoms with Crippen molar-refractivity contribution in [3.05, 3.63) is 48.5 Å². The van der Waals surface area contributed by atoms with Gasteiger partial charge in [-0.2, -0.15) is 0 Å². The number of para-hydroxylation sites is 1. The van der Waals surface area contributed by atoms with Crippen LogP contribution in [-0.4, -0.2) is 75.6 Å². The van der Waals surface area contributed by atoms with Gasteiger partial charge in [0, 0.05) is 43.8 Å². The van der Waals surface area contributed by atoms with Gasteiger partial charge in [-0.3, -0.25) is 14.6 Å². The number of fused-ring (bicyclic) bond motifs is 1. The monoisotopic (exact) mass is 555 g/mol. The van der Waals surface area contributed by atoms with E-state index in [2.05, 4.69) is 22.0 Å². The summed E-state index contributed by atoms with van der Waals surface area (Å²) in [7, 11) is -3.42. The van der Waals surface area contributed by atoms with Crippen LogP contribution in [0.2, 0.25) is 0 Å². The molecule has 190 valence electrons. The summed E-state index contributed by atoms with van der Waals surface area (Å²) in [6.07, 6.45) is 2.36. The highest BCUT2D eigenvalue weighted by Gasteiger charge is 2.23. The van der Waals surface area contributed by atoms with Crippen LogP contribution >= 0.6 is 35.5 Å². The normalized spacial score (nSPS) is 14.5. The Labute approximate surface area is 221 Å². The van der Waals surface area contributed by atoms with Crippen molar-refractivity contribution in [1.29, 1.82) is 0 Å². The van der Waals surface area contributed by atoms with Crippen molar-refractivity contribution in [2.45, 2.75) is 22.6 Å². The largest absolute Gasteiger partial charge is 0.379 e. The highest BCUT2D eigenvalue weighted by atomic mass is 35.5. The second-order valence-corrected chi connectivity index (χ2v) is 12.3. The summed E-state index contributed by atoms with van der Waals surface area (Å²) in [5, 5.41) is 0.556. The molecular formula is C24H30ClN3O4S3. The van der Waals surface area contributed by atoms with Gasteiger partial charge in [0.05, 0.1) is 22.8 Å². The molecule has 0 bridgehead atoms. The number of hydrogen-bond donors (Lipinski definition) is 0. The van der Waals surface area contributed by atoms with Crippen LogP contribution in [0.3, 0.4) is 0 Å². The zero-order chi connectivity index (χ0) is 24.0. The van der Waals surface area contributed by atoms with Gasteiger partial charge in [0.2, 0.25) is 5.91 Å². The molecule has 3 aromatic rings. The average molecular weight is 556 g/mol. The third kappa shape index (κ3) is 7.65. The maximum absolute atomic E-state index is 13.3. The van der Waals surface area contributed by atoms with Crippen molar-refractivity contribution in [2.75, 3.05) is 56.3 Å². The number of carbonyl (C=O) groups is 1. The summed E-state index contributed by atoms with van der Waals surface area (Å²) in [6.45, 7) is 4.32. The van der Waals surface area contributed by atoms with E-state index in [0.29, 0.717) is 36.8 Å². The predicted octanol–water partition coefficient (Wildman–Crippen LogP) is 4.36. The lowest BCUT2D eigenvalue weighted by Gasteiger charge is -2.29. The molecule has 1 amide bonds. The Morgan fingerprint density at radius 1 is 1.14 bits per heavy atom. The van der Waals surface area contributed by atoms with Crippen LogP contribution in [0.4, 0.5) is 5.13 Å². The summed E-state index contributed by atoms with van der Waals surface area (Å²) in [5.74, 6) is 0.868. The number of morpholine rings is 1. The highest BCUT2D eigenvalue weighted by molar-refractivity contribution is 7.99. The number of rotatable bonds is 10. The number of aromatic nitrogens is 1. The Morgan fingerprint density at radius 3 is 2.60 bits per heavy atom. The SMILES string of the molecule is CS(=O)(=O)c1cccc2sc(N(CCN3CCOCC3)C(=O)CCCSc3ccccc3)nc12.Cl. The third-order valence-corrected chi connectivity index (χ3v) is 8.86. The number of amides is 1. The number of thioether (sulfide) groups is 1. The first kappa shape index (κ1) is 27.9. The molecule has 1 aliphatic rings. The van der Waals surface area contributed by atoms with Gasteiger partial charge in [0.1, 0.15) is 5.52 Å². The van der Waals surface area contributed by atoms with Gasteiger partial charge in [-0.15, -0.1) is 24.2 Å². The molecule has 11 heteroatoms. The van der Waals surface area contributed by atoms with E-state index in [1.165, 1.54) is 22.5 Å². The van der Waals surface area contributed by atoms with Gasteiger partial charge in [0.15, 0.2) is 15.0 Å². The minimum atomic E-state index is -3.42. The molecule has 2 aromatic carbocycles. The molecule has 0 radical (unpaired) electrons. The van der Waals surface area contributed by atoms with Gasteiger partial charge in [-0.25, -0.2) is 13.4 Å². The molecule has 0 N–H and O–H groups in total. The van der Waals surface area contributed by atoms with Crippen LogP contribution in [0.5, 0.6) is 0 Å². The van der Waals surface area contributed by atoms with E-state index in [0.717, 1.165) is 36.5 Å². The maximum Gasteiger partial charge on any atom is 0.228 e. The summed E-state index contributed by atoms with van der Waals surface area (Å²) in [5.41, 5.74) is 0.439. The zero-order valence-corrected chi connectivity index (χ0v) is 22.9. The van der Waals surface area contributed by atoms with Crippen molar-refractivity contribution in [3.63, 3.8) is 0 Å². The van der Waals surface area contributed by atoms with Crippen LogP contribution in [0.15, 0.2) is 58.3 Å². The Morgan fingerprint density at radius 2 is 1.89 bits per heavy atom. The fourth-order valence-corrected chi connectivity index (χ4v) is 6.59. The number of benzene rings is 2. The number of nitrogens with zero attached hydrogens (tertiary/aromatic N) is 3. The van der Waals surface area contributed by atoms with Crippen molar-refractivity contribution < 1.29 is 17.9 Å². The fourth-order valence-electron chi connectivity index (χ4n) is 3.78. The van der Waals surface area contributed by atoms with Crippen molar-refractivity contribution in [1.82, 2.24) is 9.88 Å². The Balaban J connectivity index is 0.00000342. The van der Waals surface area contributed by atoms with Crippen molar-refractivity contribution >= 4 is 66.6 Å². The molecule has 1 aromatic heterocycles. The number of halogens is 1. The molecule has 35 heavy (non-hydrogen) atoms. The summed E-state index contributed by atoms with van der Waals surface area (Å²) < 4.78 is 30.7. The van der Waals surface area contributed by atoms with Crippen molar-refractivity contribution in [3.8, 4) is 0 Å². The summed E-state index contributed by atoms with van der Waals surface area (Å²) in [4.78, 5) is 23.4. The van der Waals surface area contributed by atoms with Gasteiger partial charge in [-0.05, 0) is 36.4 Å². The standard InChI is InChI=1S/C24H29N3O4S3.ClH/c1-34(29,30)21-10-5-9-20-23(21)25-24(33-20)27(13-12-26-14-16-31-17-15-26)22(28)11-6-18-32-19-7-3-2-4-8-19;/h2-5,7-10H,6,11-18H2,1H3;1H. The first-order valence-corrected chi connectivity index (χ1v) is 15.0. The molecule has 1 fully saturated rings. The molecule has 0 aliphatic carbocycles. The van der Waals surface area contributed by atoms with E-state index in [1.54, 1.807) is 28.8 Å². The molecule has 0 saturated carbocycles.